The summed E-state index contributed by atoms with van der Waals surface area (Å²) in [5.74, 6) is -0.649. The number of anilines is 1. The molecule has 2 nitrogen and oxygen atoms in total. The van der Waals surface area contributed by atoms with Gasteiger partial charge >= 0.3 is 0 Å². The Morgan fingerprint density at radius 3 is 2.58 bits per heavy atom. The van der Waals surface area contributed by atoms with E-state index in [1.54, 1.807) is 12.1 Å². The van der Waals surface area contributed by atoms with E-state index in [4.69, 9.17) is 16.3 Å². The average Bonchev–Trinajstić information content (AvgIpc) is 2.41. The molecule has 0 bridgehead atoms. The maximum Gasteiger partial charge on any atom is 0.165 e. The van der Waals surface area contributed by atoms with Gasteiger partial charge in [0.1, 0.15) is 5.82 Å². The van der Waals surface area contributed by atoms with E-state index in [-0.39, 0.29) is 18.1 Å². The van der Waals surface area contributed by atoms with Crippen LogP contribution in [0.4, 0.5) is 14.5 Å². The fourth-order valence-corrected chi connectivity index (χ4v) is 1.84. The molecule has 2 aromatic rings. The largest absolute Gasteiger partial charge is 0.494 e. The van der Waals surface area contributed by atoms with Crippen LogP contribution in [0.25, 0.3) is 0 Å². The Balaban J connectivity index is 2.12. The lowest BCUT2D eigenvalue weighted by molar-refractivity contribution is 0.387. The molecule has 0 fully saturated rings. The zero-order valence-corrected chi connectivity index (χ0v) is 11.0. The van der Waals surface area contributed by atoms with Gasteiger partial charge in [-0.05, 0) is 30.3 Å². The normalized spacial score (nSPS) is 10.3. The van der Waals surface area contributed by atoms with Gasteiger partial charge in [-0.2, -0.15) is 0 Å². The second kappa shape index (κ2) is 5.89. The number of methoxy groups -OCH3 is 1. The molecule has 0 spiro atoms. The molecule has 0 aliphatic heterocycles. The molecule has 0 radical (unpaired) electrons. The highest BCUT2D eigenvalue weighted by atomic mass is 35.5. The van der Waals surface area contributed by atoms with Crippen LogP contribution < -0.4 is 10.1 Å². The molecule has 2 aromatic carbocycles. The van der Waals surface area contributed by atoms with Crippen molar-refractivity contribution in [1.82, 2.24) is 0 Å². The summed E-state index contributed by atoms with van der Waals surface area (Å²) in [4.78, 5) is 0. The zero-order valence-electron chi connectivity index (χ0n) is 10.2. The van der Waals surface area contributed by atoms with Crippen molar-refractivity contribution in [1.29, 1.82) is 0 Å². The first kappa shape index (κ1) is 13.6. The van der Waals surface area contributed by atoms with Crippen molar-refractivity contribution in [2.75, 3.05) is 12.4 Å². The van der Waals surface area contributed by atoms with E-state index < -0.39 is 5.82 Å². The van der Waals surface area contributed by atoms with Crippen LogP contribution >= 0.6 is 11.6 Å². The molecular weight excluding hydrogens is 272 g/mol. The molecule has 0 unspecified atom stereocenters. The Morgan fingerprint density at radius 1 is 1.11 bits per heavy atom. The average molecular weight is 284 g/mol. The summed E-state index contributed by atoms with van der Waals surface area (Å²) in [5, 5.41) is 3.45. The minimum atomic E-state index is -0.443. The van der Waals surface area contributed by atoms with Gasteiger partial charge in [-0.25, -0.2) is 8.78 Å². The molecule has 0 aliphatic carbocycles. The maximum atomic E-state index is 13.5. The molecule has 2 rings (SSSR count). The smallest absolute Gasteiger partial charge is 0.165 e. The first-order chi connectivity index (χ1) is 9.10. The number of nitrogens with one attached hydrogen (secondary N) is 1. The molecule has 100 valence electrons. The van der Waals surface area contributed by atoms with Crippen LogP contribution in [0.3, 0.4) is 0 Å². The van der Waals surface area contributed by atoms with Crippen LogP contribution in [0.1, 0.15) is 5.56 Å². The predicted molar refractivity (Wildman–Crippen MR) is 71.7 cm³/mol. The van der Waals surface area contributed by atoms with E-state index in [9.17, 15) is 8.78 Å². The highest BCUT2D eigenvalue weighted by Gasteiger charge is 2.05. The monoisotopic (exact) mass is 283 g/mol. The minimum Gasteiger partial charge on any atom is -0.494 e. The molecule has 1 N–H and O–H groups in total. The van der Waals surface area contributed by atoms with Crippen molar-refractivity contribution in [3.05, 3.63) is 58.6 Å². The van der Waals surface area contributed by atoms with Gasteiger partial charge in [0.2, 0.25) is 0 Å². The highest BCUT2D eigenvalue weighted by molar-refractivity contribution is 6.30. The number of halogens is 3. The Labute approximate surface area is 115 Å². The SMILES string of the molecule is COc1cc(NCc2cc(Cl)ccc2F)ccc1F. The Bertz CT molecular complexity index is 590. The van der Waals surface area contributed by atoms with Crippen molar-refractivity contribution >= 4 is 17.3 Å². The van der Waals surface area contributed by atoms with Crippen molar-refractivity contribution in [3.63, 3.8) is 0 Å². The molecule has 0 aromatic heterocycles. The molecule has 0 saturated heterocycles. The van der Waals surface area contributed by atoms with Crippen LogP contribution in [-0.4, -0.2) is 7.11 Å². The number of benzene rings is 2. The first-order valence-electron chi connectivity index (χ1n) is 5.61. The van der Waals surface area contributed by atoms with Crippen molar-refractivity contribution in [2.24, 2.45) is 0 Å². The lowest BCUT2D eigenvalue weighted by atomic mass is 10.2. The van der Waals surface area contributed by atoms with Crippen molar-refractivity contribution < 1.29 is 13.5 Å². The molecule has 0 aliphatic rings. The summed E-state index contributed by atoms with van der Waals surface area (Å²) in [6.45, 7) is 0.251. The molecule has 0 saturated carbocycles. The van der Waals surface area contributed by atoms with E-state index in [1.807, 2.05) is 0 Å². The number of ether oxygens (including phenoxy) is 1. The fourth-order valence-electron chi connectivity index (χ4n) is 1.65. The lowest BCUT2D eigenvalue weighted by Crippen LogP contribution is -2.02. The number of hydrogen-bond acceptors (Lipinski definition) is 2. The van der Waals surface area contributed by atoms with Gasteiger partial charge in [-0.3, -0.25) is 0 Å². The van der Waals surface area contributed by atoms with Crippen LogP contribution in [-0.2, 0) is 6.54 Å². The van der Waals surface area contributed by atoms with E-state index in [2.05, 4.69) is 5.32 Å². The maximum absolute atomic E-state index is 13.5. The first-order valence-corrected chi connectivity index (χ1v) is 5.99. The van der Waals surface area contributed by atoms with Gasteiger partial charge in [-0.1, -0.05) is 11.6 Å². The second-order valence-electron chi connectivity index (χ2n) is 3.94. The summed E-state index contributed by atoms with van der Waals surface area (Å²) in [5.41, 5.74) is 1.08. The predicted octanol–water partition coefficient (Wildman–Crippen LogP) is 4.24. The summed E-state index contributed by atoms with van der Waals surface area (Å²) >= 11 is 5.80. The second-order valence-corrected chi connectivity index (χ2v) is 4.38. The lowest BCUT2D eigenvalue weighted by Gasteiger charge is -2.09. The molecule has 19 heavy (non-hydrogen) atoms. The molecular formula is C14H12ClF2NO. The number of rotatable bonds is 4. The van der Waals surface area contributed by atoms with Crippen molar-refractivity contribution in [3.8, 4) is 5.75 Å². The fraction of sp³-hybridized carbons (Fsp3) is 0.143. The van der Waals surface area contributed by atoms with E-state index in [0.717, 1.165) is 0 Å². The Morgan fingerprint density at radius 2 is 1.84 bits per heavy atom. The number of hydrogen-bond donors (Lipinski definition) is 1. The van der Waals surface area contributed by atoms with Gasteiger partial charge < -0.3 is 10.1 Å². The quantitative estimate of drug-likeness (QED) is 0.906. The van der Waals surface area contributed by atoms with E-state index >= 15 is 0 Å². The molecule has 5 heteroatoms. The summed E-state index contributed by atoms with van der Waals surface area (Å²) in [7, 11) is 1.39. The standard InChI is InChI=1S/C14H12ClF2NO/c1-19-14-7-11(3-5-13(14)17)18-8-9-6-10(15)2-4-12(9)16/h2-7,18H,8H2,1H3. The van der Waals surface area contributed by atoms with Crippen LogP contribution in [0.15, 0.2) is 36.4 Å². The highest BCUT2D eigenvalue weighted by Crippen LogP contribution is 2.22. The molecule has 0 amide bonds. The minimum absolute atomic E-state index is 0.136. The van der Waals surface area contributed by atoms with Gasteiger partial charge in [0.05, 0.1) is 7.11 Å². The third-order valence-corrected chi connectivity index (χ3v) is 2.88. The molecule has 0 atom stereocenters. The van der Waals surface area contributed by atoms with E-state index in [1.165, 1.54) is 31.4 Å². The summed E-state index contributed by atoms with van der Waals surface area (Å²) in [6.07, 6.45) is 0. The Hall–Kier alpha value is -1.81. The summed E-state index contributed by atoms with van der Waals surface area (Å²) in [6, 6.07) is 8.70. The van der Waals surface area contributed by atoms with Crippen LogP contribution in [0.2, 0.25) is 5.02 Å². The van der Waals surface area contributed by atoms with Crippen LogP contribution in [0, 0.1) is 11.6 Å². The third kappa shape index (κ3) is 3.35. The third-order valence-electron chi connectivity index (χ3n) is 2.64. The van der Waals surface area contributed by atoms with Gasteiger partial charge in [-0.15, -0.1) is 0 Å². The Kier molecular flexibility index (Phi) is 4.22. The van der Waals surface area contributed by atoms with Crippen molar-refractivity contribution in [2.45, 2.75) is 6.54 Å². The van der Waals surface area contributed by atoms with E-state index in [0.29, 0.717) is 16.3 Å². The molecule has 0 heterocycles. The topological polar surface area (TPSA) is 21.3 Å². The summed E-state index contributed by atoms with van der Waals surface area (Å²) < 4.78 is 31.6. The van der Waals surface area contributed by atoms with Gasteiger partial charge in [0.15, 0.2) is 11.6 Å². The zero-order chi connectivity index (χ0) is 13.8. The van der Waals surface area contributed by atoms with Gasteiger partial charge in [0.25, 0.3) is 0 Å². The van der Waals surface area contributed by atoms with Gasteiger partial charge in [0, 0.05) is 28.9 Å². The van der Waals surface area contributed by atoms with Crippen LogP contribution in [0.5, 0.6) is 5.75 Å².